The van der Waals surface area contributed by atoms with Gasteiger partial charge in [-0.15, -0.1) is 0 Å². The van der Waals surface area contributed by atoms with E-state index in [1.807, 2.05) is 0 Å². The van der Waals surface area contributed by atoms with E-state index in [9.17, 15) is 5.11 Å². The fraction of sp³-hybridized carbons (Fsp3) is 1.00. The molecule has 4 rings (SSSR count). The lowest BCUT2D eigenvalue weighted by molar-refractivity contribution is -0.0447. The first-order valence-corrected chi connectivity index (χ1v) is 6.66. The Morgan fingerprint density at radius 2 is 1.93 bits per heavy atom. The lowest BCUT2D eigenvalue weighted by atomic mass is 9.57. The molecular weight excluding hydrogens is 188 g/mol. The van der Waals surface area contributed by atoms with Gasteiger partial charge in [0.25, 0.3) is 0 Å². The molecule has 0 unspecified atom stereocenters. The molecule has 1 saturated heterocycles. The number of ether oxygens (including phenoxy) is 1. The van der Waals surface area contributed by atoms with Crippen LogP contribution in [0.2, 0.25) is 0 Å². The summed E-state index contributed by atoms with van der Waals surface area (Å²) in [6, 6.07) is 0. The number of aliphatic hydroxyl groups is 1. The molecule has 1 N–H and O–H groups in total. The number of hydrogen-bond donors (Lipinski definition) is 1. The summed E-state index contributed by atoms with van der Waals surface area (Å²) in [7, 11) is 0. The largest absolute Gasteiger partial charge is 0.392 e. The number of rotatable bonds is 0. The normalized spacial score (nSPS) is 61.8. The highest BCUT2D eigenvalue weighted by atomic mass is 16.6. The third kappa shape index (κ3) is 0.898. The molecule has 84 valence electrons. The molecule has 0 aromatic carbocycles. The second kappa shape index (κ2) is 2.60. The Morgan fingerprint density at radius 3 is 2.87 bits per heavy atom. The van der Waals surface area contributed by atoms with Gasteiger partial charge in [0.1, 0.15) is 5.60 Å². The topological polar surface area (TPSA) is 32.8 Å². The molecule has 2 heteroatoms. The van der Waals surface area contributed by atoms with Crippen molar-refractivity contribution in [2.24, 2.45) is 11.8 Å². The molecule has 4 aliphatic rings. The minimum Gasteiger partial charge on any atom is -0.392 e. The molecule has 0 aromatic heterocycles. The highest BCUT2D eigenvalue weighted by Gasteiger charge is 2.77. The van der Waals surface area contributed by atoms with E-state index in [0.717, 1.165) is 6.42 Å². The van der Waals surface area contributed by atoms with Crippen LogP contribution in [0.4, 0.5) is 0 Å². The van der Waals surface area contributed by atoms with Crippen LogP contribution in [0.1, 0.15) is 51.4 Å². The maximum atomic E-state index is 10.3. The van der Waals surface area contributed by atoms with Crippen molar-refractivity contribution in [3.63, 3.8) is 0 Å². The van der Waals surface area contributed by atoms with E-state index in [1.165, 1.54) is 44.9 Å². The maximum absolute atomic E-state index is 10.3. The van der Waals surface area contributed by atoms with Crippen molar-refractivity contribution in [3.8, 4) is 0 Å². The quantitative estimate of drug-likeness (QED) is 0.619. The molecule has 0 amide bonds. The standard InChI is InChI=1S/C13H20O2/c14-11-9-4-3-5-10(11)13-7-2-1-6-12(13,8-9)15-13/h9-11,14H,1-8H2/t9-,10-,11-,12+,13-/m1/s1. The summed E-state index contributed by atoms with van der Waals surface area (Å²) in [6.07, 6.45) is 10.0. The molecule has 15 heavy (non-hydrogen) atoms. The fourth-order valence-corrected chi connectivity index (χ4v) is 5.00. The first-order valence-electron chi connectivity index (χ1n) is 6.66. The van der Waals surface area contributed by atoms with Gasteiger partial charge in [0.2, 0.25) is 0 Å². The molecule has 5 atom stereocenters. The van der Waals surface area contributed by atoms with E-state index in [2.05, 4.69) is 0 Å². The van der Waals surface area contributed by atoms with Crippen LogP contribution < -0.4 is 0 Å². The molecule has 3 aliphatic carbocycles. The van der Waals surface area contributed by atoms with Gasteiger partial charge in [0.15, 0.2) is 0 Å². The molecule has 0 spiro atoms. The van der Waals surface area contributed by atoms with Crippen LogP contribution in [0.3, 0.4) is 0 Å². The van der Waals surface area contributed by atoms with Gasteiger partial charge in [-0.25, -0.2) is 0 Å². The number of fused-ring (bicyclic) bond motifs is 2. The first-order chi connectivity index (χ1) is 7.28. The van der Waals surface area contributed by atoms with E-state index in [0.29, 0.717) is 11.8 Å². The molecule has 1 aliphatic heterocycles. The summed E-state index contributed by atoms with van der Waals surface area (Å²) in [6.45, 7) is 0. The summed E-state index contributed by atoms with van der Waals surface area (Å²) >= 11 is 0. The third-order valence-corrected chi connectivity index (χ3v) is 5.66. The first kappa shape index (κ1) is 9.00. The fourth-order valence-electron chi connectivity index (χ4n) is 5.00. The van der Waals surface area contributed by atoms with Crippen molar-refractivity contribution in [2.45, 2.75) is 68.7 Å². The van der Waals surface area contributed by atoms with Crippen molar-refractivity contribution in [3.05, 3.63) is 0 Å². The number of hydrogen-bond acceptors (Lipinski definition) is 2. The summed E-state index contributed by atoms with van der Waals surface area (Å²) in [5, 5.41) is 10.3. The van der Waals surface area contributed by atoms with E-state index < -0.39 is 0 Å². The Hall–Kier alpha value is -0.0800. The van der Waals surface area contributed by atoms with Crippen molar-refractivity contribution in [1.29, 1.82) is 0 Å². The van der Waals surface area contributed by atoms with Gasteiger partial charge in [-0.2, -0.15) is 0 Å². The zero-order chi connectivity index (χ0) is 10.1. The monoisotopic (exact) mass is 208 g/mol. The van der Waals surface area contributed by atoms with E-state index in [1.54, 1.807) is 0 Å². The molecule has 2 bridgehead atoms. The average molecular weight is 208 g/mol. The second-order valence-electron chi connectivity index (χ2n) is 6.19. The Bertz CT molecular complexity index is 303. The van der Waals surface area contributed by atoms with Crippen LogP contribution >= 0.6 is 0 Å². The minimum atomic E-state index is -0.0486. The third-order valence-electron chi connectivity index (χ3n) is 5.66. The highest BCUT2D eigenvalue weighted by Crippen LogP contribution is 2.70. The van der Waals surface area contributed by atoms with Gasteiger partial charge in [-0.05, 0) is 38.0 Å². The molecule has 0 aromatic rings. The molecule has 3 saturated carbocycles. The van der Waals surface area contributed by atoms with Crippen LogP contribution in [-0.4, -0.2) is 22.4 Å². The second-order valence-corrected chi connectivity index (χ2v) is 6.19. The van der Waals surface area contributed by atoms with E-state index in [-0.39, 0.29) is 17.3 Å². The van der Waals surface area contributed by atoms with Gasteiger partial charge in [0.05, 0.1) is 11.7 Å². The van der Waals surface area contributed by atoms with Crippen LogP contribution in [0.5, 0.6) is 0 Å². The predicted octanol–water partition coefficient (Wildman–Crippen LogP) is 2.25. The van der Waals surface area contributed by atoms with Gasteiger partial charge in [0, 0.05) is 5.92 Å². The zero-order valence-corrected chi connectivity index (χ0v) is 9.24. The lowest BCUT2D eigenvalue weighted by Crippen LogP contribution is -2.53. The molecule has 2 nitrogen and oxygen atoms in total. The number of epoxide rings is 1. The predicted molar refractivity (Wildman–Crippen MR) is 56.5 cm³/mol. The van der Waals surface area contributed by atoms with Crippen molar-refractivity contribution in [2.75, 3.05) is 0 Å². The van der Waals surface area contributed by atoms with E-state index in [4.69, 9.17) is 4.74 Å². The summed E-state index contributed by atoms with van der Waals surface area (Å²) < 4.78 is 6.24. The SMILES string of the molecule is O[C@@H]1[C@@H]2CCC[C@H]1[C@]13CCCC[C@@]1(C2)O3. The zero-order valence-electron chi connectivity index (χ0n) is 9.24. The Balaban J connectivity index is 1.74. The molecule has 4 fully saturated rings. The Labute approximate surface area is 91.0 Å². The summed E-state index contributed by atoms with van der Waals surface area (Å²) in [4.78, 5) is 0. The Kier molecular flexibility index (Phi) is 1.56. The average Bonchev–Trinajstić information content (AvgIpc) is 2.88. The highest BCUT2D eigenvalue weighted by molar-refractivity contribution is 5.25. The molecular formula is C13H20O2. The maximum Gasteiger partial charge on any atom is 0.103 e. The van der Waals surface area contributed by atoms with Crippen molar-refractivity contribution in [1.82, 2.24) is 0 Å². The van der Waals surface area contributed by atoms with Crippen molar-refractivity contribution >= 4 is 0 Å². The van der Waals surface area contributed by atoms with Crippen LogP contribution in [0.25, 0.3) is 0 Å². The molecule has 0 radical (unpaired) electrons. The number of aliphatic hydroxyl groups excluding tert-OH is 1. The molecule has 1 heterocycles. The van der Waals surface area contributed by atoms with Gasteiger partial charge in [-0.3, -0.25) is 0 Å². The van der Waals surface area contributed by atoms with Crippen LogP contribution in [0, 0.1) is 11.8 Å². The van der Waals surface area contributed by atoms with E-state index >= 15 is 0 Å². The Morgan fingerprint density at radius 1 is 1.07 bits per heavy atom. The van der Waals surface area contributed by atoms with Crippen molar-refractivity contribution < 1.29 is 9.84 Å². The summed E-state index contributed by atoms with van der Waals surface area (Å²) in [5.41, 5.74) is 0.377. The smallest absolute Gasteiger partial charge is 0.103 e. The summed E-state index contributed by atoms with van der Waals surface area (Å²) in [5.74, 6) is 1.03. The van der Waals surface area contributed by atoms with Gasteiger partial charge in [-0.1, -0.05) is 19.3 Å². The van der Waals surface area contributed by atoms with Crippen LogP contribution in [0.15, 0.2) is 0 Å². The van der Waals surface area contributed by atoms with Crippen LogP contribution in [-0.2, 0) is 4.74 Å². The minimum absolute atomic E-state index is 0.0486. The van der Waals surface area contributed by atoms with Gasteiger partial charge >= 0.3 is 0 Å². The van der Waals surface area contributed by atoms with Gasteiger partial charge < -0.3 is 9.84 Å². The lowest BCUT2D eigenvalue weighted by Gasteiger charge is -2.46.